The van der Waals surface area contributed by atoms with Gasteiger partial charge >= 0.3 is 0 Å². The topological polar surface area (TPSA) is 43.9 Å². The van der Waals surface area contributed by atoms with Crippen molar-refractivity contribution in [2.24, 2.45) is 0 Å². The van der Waals surface area contributed by atoms with E-state index in [0.29, 0.717) is 36.1 Å². The van der Waals surface area contributed by atoms with Gasteiger partial charge in [0, 0.05) is 38.7 Å². The summed E-state index contributed by atoms with van der Waals surface area (Å²) in [5.74, 6) is 0.0672. The minimum Gasteiger partial charge on any atom is -0.341 e. The normalized spacial score (nSPS) is 18.8. The summed E-state index contributed by atoms with van der Waals surface area (Å²) in [6, 6.07) is 5.25. The molecular weight excluding hydrogens is 421 g/mol. The maximum atomic E-state index is 12.6. The van der Waals surface area contributed by atoms with E-state index in [0.717, 1.165) is 31.5 Å². The van der Waals surface area contributed by atoms with Crippen molar-refractivity contribution in [2.75, 3.05) is 45.8 Å². The van der Waals surface area contributed by atoms with Crippen molar-refractivity contribution in [3.63, 3.8) is 0 Å². The third-order valence-corrected chi connectivity index (χ3v) is 6.60. The summed E-state index contributed by atoms with van der Waals surface area (Å²) in [5, 5.41) is 0.949. The van der Waals surface area contributed by atoms with Crippen LogP contribution in [0.2, 0.25) is 10.0 Å². The van der Waals surface area contributed by atoms with Crippen LogP contribution in [0.3, 0.4) is 0 Å². The van der Waals surface area contributed by atoms with Crippen molar-refractivity contribution in [3.05, 3.63) is 39.9 Å². The van der Waals surface area contributed by atoms with Crippen molar-refractivity contribution in [1.82, 2.24) is 14.7 Å². The second kappa shape index (κ2) is 11.7. The summed E-state index contributed by atoms with van der Waals surface area (Å²) in [6.45, 7) is 6.00. The number of halogens is 2. The molecule has 0 atom stereocenters. The Morgan fingerprint density at radius 3 is 2.47 bits per heavy atom. The zero-order valence-corrected chi connectivity index (χ0v) is 19.0. The Morgan fingerprint density at radius 1 is 0.933 bits per heavy atom. The van der Waals surface area contributed by atoms with Crippen molar-refractivity contribution in [1.29, 1.82) is 0 Å². The molecule has 2 amide bonds. The molecule has 1 aromatic carbocycles. The number of carbonyl (C=O) groups excluding carboxylic acids is 2. The van der Waals surface area contributed by atoms with Gasteiger partial charge in [-0.2, -0.15) is 0 Å². The van der Waals surface area contributed by atoms with Crippen molar-refractivity contribution in [2.45, 2.75) is 38.5 Å². The number of hydrogen-bond donors (Lipinski definition) is 0. The van der Waals surface area contributed by atoms with E-state index in [2.05, 4.69) is 4.90 Å². The highest BCUT2D eigenvalue weighted by Crippen LogP contribution is 2.23. The number of carbonyl (C=O) groups is 2. The molecule has 7 heteroatoms. The van der Waals surface area contributed by atoms with E-state index in [4.69, 9.17) is 23.2 Å². The number of amides is 2. The highest BCUT2D eigenvalue weighted by molar-refractivity contribution is 6.42. The van der Waals surface area contributed by atoms with Crippen LogP contribution in [0.5, 0.6) is 0 Å². The Bertz CT molecular complexity index is 763. The molecule has 0 N–H and O–H groups in total. The molecule has 0 aromatic heterocycles. The van der Waals surface area contributed by atoms with Crippen LogP contribution in [0.25, 0.3) is 6.08 Å². The smallest absolute Gasteiger partial charge is 0.246 e. The number of likely N-dealkylation sites (tertiary alicyclic amines) is 1. The van der Waals surface area contributed by atoms with Crippen LogP contribution in [0, 0.1) is 0 Å². The van der Waals surface area contributed by atoms with Gasteiger partial charge in [0.05, 0.1) is 10.0 Å². The monoisotopic (exact) mass is 451 g/mol. The summed E-state index contributed by atoms with van der Waals surface area (Å²) in [6.07, 6.45) is 9.79. The third-order valence-electron chi connectivity index (χ3n) is 5.86. The summed E-state index contributed by atoms with van der Waals surface area (Å²) < 4.78 is 0. The third kappa shape index (κ3) is 7.00. The molecule has 0 bridgehead atoms. The summed E-state index contributed by atoms with van der Waals surface area (Å²) in [4.78, 5) is 31.2. The highest BCUT2D eigenvalue weighted by atomic mass is 35.5. The molecule has 2 aliphatic rings. The number of nitrogens with zero attached hydrogens (tertiary/aromatic N) is 3. The first-order valence-electron chi connectivity index (χ1n) is 10.9. The molecule has 1 aromatic rings. The van der Waals surface area contributed by atoms with Crippen molar-refractivity contribution < 1.29 is 9.59 Å². The molecule has 2 saturated heterocycles. The van der Waals surface area contributed by atoms with Gasteiger partial charge in [-0.3, -0.25) is 9.59 Å². The number of unbranched alkanes of at least 4 members (excludes halogenated alkanes) is 1. The fourth-order valence-electron chi connectivity index (χ4n) is 4.03. The Morgan fingerprint density at radius 2 is 1.70 bits per heavy atom. The second-order valence-corrected chi connectivity index (χ2v) is 8.89. The lowest BCUT2D eigenvalue weighted by Crippen LogP contribution is -2.36. The van der Waals surface area contributed by atoms with Crippen LogP contribution in [-0.2, 0) is 9.59 Å². The zero-order chi connectivity index (χ0) is 21.3. The lowest BCUT2D eigenvalue weighted by molar-refractivity contribution is -0.130. The van der Waals surface area contributed by atoms with Crippen LogP contribution < -0.4 is 0 Å². The van der Waals surface area contributed by atoms with E-state index in [1.54, 1.807) is 29.2 Å². The lowest BCUT2D eigenvalue weighted by atomic mass is 10.1. The van der Waals surface area contributed by atoms with Crippen molar-refractivity contribution in [3.8, 4) is 0 Å². The lowest BCUT2D eigenvalue weighted by Gasteiger charge is -2.27. The molecule has 2 fully saturated rings. The standard InChI is InChI=1S/C23H31Cl2N3O2/c24-20-8-6-19(18-21(20)25)7-9-22(29)28-15-10-23(30)27(16-17-28)14-5-4-13-26-11-2-1-3-12-26/h6-9,18H,1-5,10-17H2/b9-7+. The van der Waals surface area contributed by atoms with Crippen LogP contribution in [0.4, 0.5) is 0 Å². The molecule has 0 spiro atoms. The number of rotatable bonds is 7. The molecule has 0 aliphatic carbocycles. The molecule has 0 radical (unpaired) electrons. The van der Waals surface area contributed by atoms with Crippen LogP contribution in [0.1, 0.15) is 44.1 Å². The fourth-order valence-corrected chi connectivity index (χ4v) is 4.34. The first-order chi connectivity index (χ1) is 14.5. The molecule has 164 valence electrons. The summed E-state index contributed by atoms with van der Waals surface area (Å²) >= 11 is 11.9. The van der Waals surface area contributed by atoms with Gasteiger partial charge in [-0.15, -0.1) is 0 Å². The largest absolute Gasteiger partial charge is 0.341 e. The molecule has 2 aliphatic heterocycles. The molecular formula is C23H31Cl2N3O2. The Hall–Kier alpha value is -1.56. The molecule has 30 heavy (non-hydrogen) atoms. The van der Waals surface area contributed by atoms with E-state index in [1.165, 1.54) is 32.4 Å². The maximum absolute atomic E-state index is 12.6. The predicted molar refractivity (Wildman–Crippen MR) is 123 cm³/mol. The van der Waals surface area contributed by atoms with Gasteiger partial charge < -0.3 is 14.7 Å². The first-order valence-corrected chi connectivity index (χ1v) is 11.7. The second-order valence-electron chi connectivity index (χ2n) is 8.07. The Labute approximate surface area is 189 Å². The summed E-state index contributed by atoms with van der Waals surface area (Å²) in [5.41, 5.74) is 0.819. The van der Waals surface area contributed by atoms with Crippen LogP contribution in [-0.4, -0.2) is 72.3 Å². The van der Waals surface area contributed by atoms with Crippen LogP contribution in [0.15, 0.2) is 24.3 Å². The van der Waals surface area contributed by atoms with Crippen LogP contribution >= 0.6 is 23.2 Å². The average Bonchev–Trinajstić information content (AvgIpc) is 2.94. The van der Waals surface area contributed by atoms with E-state index < -0.39 is 0 Å². The van der Waals surface area contributed by atoms with Gasteiger partial charge in [0.2, 0.25) is 11.8 Å². The minimum atomic E-state index is -0.0826. The molecule has 2 heterocycles. The molecule has 3 rings (SSSR count). The number of piperidine rings is 1. The highest BCUT2D eigenvalue weighted by Gasteiger charge is 2.22. The van der Waals surface area contributed by atoms with Gasteiger partial charge in [-0.05, 0) is 69.1 Å². The zero-order valence-electron chi connectivity index (χ0n) is 17.5. The quantitative estimate of drug-likeness (QED) is 0.457. The van der Waals surface area contributed by atoms with E-state index in [1.807, 2.05) is 11.0 Å². The van der Waals surface area contributed by atoms with Gasteiger partial charge in [0.15, 0.2) is 0 Å². The predicted octanol–water partition coefficient (Wildman–Crippen LogP) is 4.33. The molecule has 5 nitrogen and oxygen atoms in total. The molecule has 0 saturated carbocycles. The SMILES string of the molecule is O=C(/C=C/c1ccc(Cl)c(Cl)c1)N1CCC(=O)N(CCCCN2CCCCC2)CC1. The van der Waals surface area contributed by atoms with E-state index >= 15 is 0 Å². The van der Waals surface area contributed by atoms with Gasteiger partial charge in [-0.25, -0.2) is 0 Å². The van der Waals surface area contributed by atoms with E-state index in [-0.39, 0.29) is 11.8 Å². The van der Waals surface area contributed by atoms with E-state index in [9.17, 15) is 9.59 Å². The minimum absolute atomic E-state index is 0.0826. The maximum Gasteiger partial charge on any atom is 0.246 e. The first kappa shape index (κ1) is 23.1. The number of benzene rings is 1. The van der Waals surface area contributed by atoms with Gasteiger partial charge in [0.1, 0.15) is 0 Å². The van der Waals surface area contributed by atoms with Gasteiger partial charge in [-0.1, -0.05) is 35.7 Å². The van der Waals surface area contributed by atoms with Crippen molar-refractivity contribution >= 4 is 41.1 Å². The average molecular weight is 452 g/mol. The van der Waals surface area contributed by atoms with Gasteiger partial charge in [0.25, 0.3) is 0 Å². The summed E-state index contributed by atoms with van der Waals surface area (Å²) in [7, 11) is 0. The molecule has 0 unspecified atom stereocenters. The Kier molecular flexibility index (Phi) is 9.04. The number of hydrogen-bond acceptors (Lipinski definition) is 3. The Balaban J connectivity index is 1.43. The fraction of sp³-hybridized carbons (Fsp3) is 0.565.